The van der Waals surface area contributed by atoms with Crippen LogP contribution in [-0.4, -0.2) is 96.1 Å². The van der Waals surface area contributed by atoms with Gasteiger partial charge >= 0.3 is 0 Å². The number of ether oxygens (including phenoxy) is 1. The van der Waals surface area contributed by atoms with Crippen LogP contribution in [-0.2, 0) is 21.3 Å². The Bertz CT molecular complexity index is 1550. The van der Waals surface area contributed by atoms with Gasteiger partial charge in [0.1, 0.15) is 0 Å². The summed E-state index contributed by atoms with van der Waals surface area (Å²) in [5.41, 5.74) is 5.22. The number of anilines is 1. The Kier molecular flexibility index (Phi) is 6.64. The van der Waals surface area contributed by atoms with Gasteiger partial charge in [0, 0.05) is 57.1 Å². The summed E-state index contributed by atoms with van der Waals surface area (Å²) < 4.78 is 38.7. The van der Waals surface area contributed by atoms with Crippen LogP contribution in [0.3, 0.4) is 0 Å². The molecular weight excluding hydrogens is 506 g/mol. The molecule has 0 aliphatic carbocycles. The summed E-state index contributed by atoms with van der Waals surface area (Å²) >= 11 is 0. The number of nitrogens with zero attached hydrogens (tertiary/aromatic N) is 7. The van der Waals surface area contributed by atoms with Gasteiger partial charge in [0.05, 0.1) is 37.4 Å². The normalized spacial score (nSPS) is 17.9. The highest BCUT2D eigenvalue weighted by Gasteiger charge is 2.26. The van der Waals surface area contributed by atoms with E-state index in [0.29, 0.717) is 68.9 Å². The molecular formula is C26H31N7O4S. The van der Waals surface area contributed by atoms with E-state index in [1.807, 2.05) is 30.5 Å². The lowest BCUT2D eigenvalue weighted by atomic mass is 10.1. The Morgan fingerprint density at radius 2 is 1.76 bits per heavy atom. The topological polar surface area (TPSA) is 110 Å². The molecule has 0 spiro atoms. The molecule has 0 N–H and O–H groups in total. The maximum atomic E-state index is 11.9. The van der Waals surface area contributed by atoms with Gasteiger partial charge < -0.3 is 14.1 Å². The SMILES string of the molecule is Cc1cccc(-c2ccn(-c3cc(N4CCOCC4)c4nc(CN5CCN(S(C)(=O)=O)CC5)oc4n3)n2)c1. The van der Waals surface area contributed by atoms with Crippen molar-refractivity contribution in [1.29, 1.82) is 0 Å². The van der Waals surface area contributed by atoms with Crippen LogP contribution in [0.5, 0.6) is 0 Å². The van der Waals surface area contributed by atoms with Crippen molar-refractivity contribution in [2.45, 2.75) is 13.5 Å². The number of sulfonamides is 1. The van der Waals surface area contributed by atoms with Gasteiger partial charge in [-0.15, -0.1) is 0 Å². The minimum Gasteiger partial charge on any atom is -0.421 e. The number of fused-ring (bicyclic) bond motifs is 1. The molecule has 2 fully saturated rings. The monoisotopic (exact) mass is 537 g/mol. The predicted octanol–water partition coefficient (Wildman–Crippen LogP) is 2.30. The molecule has 3 aromatic heterocycles. The van der Waals surface area contributed by atoms with Crippen molar-refractivity contribution in [3.8, 4) is 17.1 Å². The van der Waals surface area contributed by atoms with Crippen LogP contribution in [0.25, 0.3) is 28.3 Å². The molecule has 12 heteroatoms. The number of rotatable bonds is 6. The molecule has 6 rings (SSSR count). The van der Waals surface area contributed by atoms with E-state index in [1.165, 1.54) is 16.1 Å². The molecule has 200 valence electrons. The lowest BCUT2D eigenvalue weighted by Gasteiger charge is -2.32. The molecule has 2 aliphatic heterocycles. The Hall–Kier alpha value is -3.32. The van der Waals surface area contributed by atoms with E-state index in [-0.39, 0.29) is 0 Å². The zero-order valence-corrected chi connectivity index (χ0v) is 22.4. The van der Waals surface area contributed by atoms with Gasteiger partial charge in [-0.25, -0.2) is 18.1 Å². The average Bonchev–Trinajstić information content (AvgIpc) is 3.56. The van der Waals surface area contributed by atoms with Crippen molar-refractivity contribution in [2.75, 3.05) is 63.6 Å². The third kappa shape index (κ3) is 5.17. The smallest absolute Gasteiger partial charge is 0.251 e. The summed E-state index contributed by atoms with van der Waals surface area (Å²) in [4.78, 5) is 14.0. The van der Waals surface area contributed by atoms with Gasteiger partial charge in [0.25, 0.3) is 5.71 Å². The fourth-order valence-electron chi connectivity index (χ4n) is 4.98. The summed E-state index contributed by atoms with van der Waals surface area (Å²) in [6.07, 6.45) is 3.16. The van der Waals surface area contributed by atoms with Crippen LogP contribution in [0, 0.1) is 6.92 Å². The molecule has 5 heterocycles. The molecule has 4 aromatic rings. The van der Waals surface area contributed by atoms with E-state index in [2.05, 4.69) is 28.9 Å². The summed E-state index contributed by atoms with van der Waals surface area (Å²) in [5, 5.41) is 4.80. The highest BCUT2D eigenvalue weighted by Crippen LogP contribution is 2.30. The quantitative estimate of drug-likeness (QED) is 0.366. The molecule has 0 radical (unpaired) electrons. The van der Waals surface area contributed by atoms with E-state index >= 15 is 0 Å². The van der Waals surface area contributed by atoms with Crippen LogP contribution in [0.1, 0.15) is 11.5 Å². The molecule has 2 aliphatic rings. The van der Waals surface area contributed by atoms with Gasteiger partial charge in [-0.1, -0.05) is 23.8 Å². The van der Waals surface area contributed by atoms with Crippen molar-refractivity contribution in [1.82, 2.24) is 29.0 Å². The molecule has 1 aromatic carbocycles. The van der Waals surface area contributed by atoms with Gasteiger partial charge in [-0.2, -0.15) is 14.4 Å². The Balaban J connectivity index is 1.31. The Morgan fingerprint density at radius 1 is 0.974 bits per heavy atom. The minimum atomic E-state index is -3.18. The van der Waals surface area contributed by atoms with Crippen LogP contribution in [0.15, 0.2) is 47.0 Å². The molecule has 0 unspecified atom stereocenters. The van der Waals surface area contributed by atoms with E-state index < -0.39 is 10.0 Å². The standard InChI is InChI=1S/C26H31N7O4S/c1-19-4-3-5-20(16-19)21-6-7-33(29-21)23-17-22(31-12-14-36-15-13-31)25-26(27-23)37-24(28-25)18-30-8-10-32(11-9-30)38(2,34)35/h3-7,16-17H,8-15,18H2,1-2H3. The number of hydrogen-bond acceptors (Lipinski definition) is 9. The van der Waals surface area contributed by atoms with Gasteiger partial charge in [-0.05, 0) is 19.1 Å². The van der Waals surface area contributed by atoms with Crippen LogP contribution in [0.4, 0.5) is 5.69 Å². The first-order chi connectivity index (χ1) is 18.3. The molecule has 11 nitrogen and oxygen atoms in total. The van der Waals surface area contributed by atoms with Gasteiger partial charge in [-0.3, -0.25) is 4.90 Å². The maximum Gasteiger partial charge on any atom is 0.251 e. The van der Waals surface area contributed by atoms with Gasteiger partial charge in [0.15, 0.2) is 11.3 Å². The Labute approximate surface area is 221 Å². The van der Waals surface area contributed by atoms with Crippen molar-refractivity contribution >= 4 is 26.9 Å². The fraction of sp³-hybridized carbons (Fsp3) is 0.423. The third-order valence-electron chi connectivity index (χ3n) is 7.03. The highest BCUT2D eigenvalue weighted by molar-refractivity contribution is 7.88. The Morgan fingerprint density at radius 3 is 2.50 bits per heavy atom. The second-order valence-electron chi connectivity index (χ2n) is 9.81. The van der Waals surface area contributed by atoms with Crippen molar-refractivity contribution in [2.24, 2.45) is 0 Å². The minimum absolute atomic E-state index is 0.460. The predicted molar refractivity (Wildman–Crippen MR) is 144 cm³/mol. The van der Waals surface area contributed by atoms with Crippen LogP contribution < -0.4 is 4.90 Å². The lowest BCUT2D eigenvalue weighted by molar-refractivity contribution is 0.123. The van der Waals surface area contributed by atoms with E-state index in [1.54, 1.807) is 4.68 Å². The number of morpholine rings is 1. The second-order valence-corrected chi connectivity index (χ2v) is 11.8. The number of hydrogen-bond donors (Lipinski definition) is 0. The van der Waals surface area contributed by atoms with Crippen LogP contribution >= 0.6 is 0 Å². The van der Waals surface area contributed by atoms with E-state index in [9.17, 15) is 8.42 Å². The summed E-state index contributed by atoms with van der Waals surface area (Å²) in [5.74, 6) is 1.22. The number of piperazine rings is 1. The fourth-order valence-corrected chi connectivity index (χ4v) is 5.80. The first-order valence-electron chi connectivity index (χ1n) is 12.8. The molecule has 0 atom stereocenters. The average molecular weight is 538 g/mol. The number of pyridine rings is 1. The van der Waals surface area contributed by atoms with Crippen LogP contribution in [0.2, 0.25) is 0 Å². The highest BCUT2D eigenvalue weighted by atomic mass is 32.2. The first kappa shape index (κ1) is 25.0. The van der Waals surface area contributed by atoms with E-state index in [0.717, 1.165) is 30.0 Å². The number of oxazole rings is 1. The molecule has 38 heavy (non-hydrogen) atoms. The van der Waals surface area contributed by atoms with Gasteiger partial charge in [0.2, 0.25) is 15.9 Å². The van der Waals surface area contributed by atoms with E-state index in [4.69, 9.17) is 24.2 Å². The first-order valence-corrected chi connectivity index (χ1v) is 14.6. The molecule has 2 saturated heterocycles. The zero-order valence-electron chi connectivity index (χ0n) is 21.6. The summed E-state index contributed by atoms with van der Waals surface area (Å²) in [7, 11) is -3.18. The molecule has 0 amide bonds. The van der Waals surface area contributed by atoms with Crippen molar-refractivity contribution in [3.05, 3.63) is 54.0 Å². The maximum absolute atomic E-state index is 11.9. The number of benzene rings is 1. The third-order valence-corrected chi connectivity index (χ3v) is 8.33. The molecule has 0 bridgehead atoms. The lowest BCUT2D eigenvalue weighted by Crippen LogP contribution is -2.47. The van der Waals surface area contributed by atoms with Crippen molar-refractivity contribution < 1.29 is 17.6 Å². The van der Waals surface area contributed by atoms with Crippen molar-refractivity contribution in [3.63, 3.8) is 0 Å². The summed E-state index contributed by atoms with van der Waals surface area (Å²) in [6.45, 7) is 7.52. The largest absolute Gasteiger partial charge is 0.421 e. The summed E-state index contributed by atoms with van der Waals surface area (Å²) in [6, 6.07) is 12.3. The molecule has 0 saturated carbocycles. The number of aryl methyl sites for hydroxylation is 1. The second kappa shape index (κ2) is 10.1. The zero-order chi connectivity index (χ0) is 26.3. The number of aromatic nitrogens is 4.